The van der Waals surface area contributed by atoms with E-state index in [1.807, 2.05) is 6.07 Å². The van der Waals surface area contributed by atoms with Gasteiger partial charge < -0.3 is 0 Å². The Morgan fingerprint density at radius 2 is 2.25 bits per heavy atom. The molecule has 4 heteroatoms. The largest absolute Gasteiger partial charge is 0.271 e. The number of hydrogen-bond donors (Lipinski definition) is 2. The second-order valence-corrected chi connectivity index (χ2v) is 5.33. The first-order valence-corrected chi connectivity index (χ1v) is 6.41. The fraction of sp³-hybridized carbons (Fsp3) is 0.500. The van der Waals surface area contributed by atoms with E-state index in [1.54, 1.807) is 6.07 Å². The Morgan fingerprint density at radius 3 is 2.75 bits per heavy atom. The van der Waals surface area contributed by atoms with Crippen molar-refractivity contribution in [3.63, 3.8) is 0 Å². The van der Waals surface area contributed by atoms with E-state index in [2.05, 4.69) is 21.4 Å². The molecule has 1 aromatic rings. The number of halogens is 2. The van der Waals surface area contributed by atoms with E-state index < -0.39 is 0 Å². The van der Waals surface area contributed by atoms with Crippen LogP contribution in [0.5, 0.6) is 0 Å². The van der Waals surface area contributed by atoms with Gasteiger partial charge in [0.1, 0.15) is 5.82 Å². The Kier molecular flexibility index (Phi) is 3.95. The van der Waals surface area contributed by atoms with Gasteiger partial charge in [-0.2, -0.15) is 0 Å². The smallest absolute Gasteiger partial charge is 0.129 e. The average molecular weight is 287 g/mol. The highest BCUT2D eigenvalue weighted by molar-refractivity contribution is 9.10. The summed E-state index contributed by atoms with van der Waals surface area (Å²) in [6, 6.07) is 5.06. The topological polar surface area (TPSA) is 38.0 Å². The predicted molar refractivity (Wildman–Crippen MR) is 66.1 cm³/mol. The maximum absolute atomic E-state index is 13.7. The molecule has 2 rings (SSSR count). The fourth-order valence-electron chi connectivity index (χ4n) is 2.13. The minimum absolute atomic E-state index is 0.0709. The molecule has 0 saturated heterocycles. The summed E-state index contributed by atoms with van der Waals surface area (Å²) in [5.41, 5.74) is 3.39. The third-order valence-electron chi connectivity index (χ3n) is 3.33. The standard InChI is InChI=1S/C12H16BrFN2/c13-9-4-5-10(11(14)7-9)12(16-15)6-8-2-1-3-8/h4-5,7-8,12,16H,1-3,6,15H2. The molecule has 0 spiro atoms. The first-order valence-electron chi connectivity index (χ1n) is 5.62. The third-order valence-corrected chi connectivity index (χ3v) is 3.83. The molecule has 0 aliphatic heterocycles. The predicted octanol–water partition coefficient (Wildman–Crippen LogP) is 3.28. The normalized spacial score (nSPS) is 18.2. The van der Waals surface area contributed by atoms with Crippen molar-refractivity contribution in [2.45, 2.75) is 31.7 Å². The van der Waals surface area contributed by atoms with Crippen molar-refractivity contribution in [1.82, 2.24) is 5.43 Å². The number of hydrogen-bond acceptors (Lipinski definition) is 2. The first kappa shape index (κ1) is 12.0. The van der Waals surface area contributed by atoms with Crippen molar-refractivity contribution in [3.8, 4) is 0 Å². The van der Waals surface area contributed by atoms with Crippen LogP contribution in [-0.4, -0.2) is 0 Å². The van der Waals surface area contributed by atoms with Gasteiger partial charge in [0.25, 0.3) is 0 Å². The van der Waals surface area contributed by atoms with E-state index in [9.17, 15) is 4.39 Å². The lowest BCUT2D eigenvalue weighted by Crippen LogP contribution is -2.31. The lowest BCUT2D eigenvalue weighted by atomic mass is 9.79. The van der Waals surface area contributed by atoms with Crippen molar-refractivity contribution in [2.24, 2.45) is 11.8 Å². The summed E-state index contributed by atoms with van der Waals surface area (Å²) in [7, 11) is 0. The molecule has 88 valence electrons. The minimum atomic E-state index is -0.198. The zero-order valence-corrected chi connectivity index (χ0v) is 10.6. The summed E-state index contributed by atoms with van der Waals surface area (Å²) in [6.07, 6.45) is 4.71. The minimum Gasteiger partial charge on any atom is -0.271 e. The van der Waals surface area contributed by atoms with Gasteiger partial charge in [-0.05, 0) is 24.5 Å². The van der Waals surface area contributed by atoms with Crippen molar-refractivity contribution < 1.29 is 4.39 Å². The summed E-state index contributed by atoms with van der Waals surface area (Å²) in [5.74, 6) is 6.01. The second-order valence-electron chi connectivity index (χ2n) is 4.42. The molecular weight excluding hydrogens is 271 g/mol. The molecule has 1 saturated carbocycles. The molecule has 0 amide bonds. The number of hydrazine groups is 1. The van der Waals surface area contributed by atoms with E-state index >= 15 is 0 Å². The molecule has 2 nitrogen and oxygen atoms in total. The second kappa shape index (κ2) is 5.25. The fourth-order valence-corrected chi connectivity index (χ4v) is 2.46. The van der Waals surface area contributed by atoms with Crippen LogP contribution in [-0.2, 0) is 0 Å². The molecule has 1 atom stereocenters. The first-order chi connectivity index (χ1) is 7.70. The summed E-state index contributed by atoms with van der Waals surface area (Å²) in [6.45, 7) is 0. The number of nitrogens with one attached hydrogen (secondary N) is 1. The van der Waals surface area contributed by atoms with E-state index in [0.717, 1.165) is 10.9 Å². The van der Waals surface area contributed by atoms with Gasteiger partial charge in [-0.1, -0.05) is 41.3 Å². The molecule has 0 bridgehead atoms. The lowest BCUT2D eigenvalue weighted by molar-refractivity contribution is 0.259. The van der Waals surface area contributed by atoms with Gasteiger partial charge in [-0.3, -0.25) is 11.3 Å². The lowest BCUT2D eigenvalue weighted by Gasteiger charge is -2.29. The van der Waals surface area contributed by atoms with Crippen LogP contribution in [0.25, 0.3) is 0 Å². The van der Waals surface area contributed by atoms with Gasteiger partial charge in [0.05, 0.1) is 0 Å². The quantitative estimate of drug-likeness (QED) is 0.659. The van der Waals surface area contributed by atoms with Gasteiger partial charge >= 0.3 is 0 Å². The molecule has 1 fully saturated rings. The van der Waals surface area contributed by atoms with Crippen LogP contribution in [0.4, 0.5) is 4.39 Å². The number of benzene rings is 1. The number of nitrogens with two attached hydrogens (primary N) is 1. The van der Waals surface area contributed by atoms with Gasteiger partial charge in [0.15, 0.2) is 0 Å². The molecule has 1 aliphatic carbocycles. The third kappa shape index (κ3) is 2.62. The Morgan fingerprint density at radius 1 is 1.50 bits per heavy atom. The van der Waals surface area contributed by atoms with Gasteiger partial charge in [0, 0.05) is 16.1 Å². The highest BCUT2D eigenvalue weighted by Gasteiger charge is 2.24. The Balaban J connectivity index is 2.11. The molecule has 0 aromatic heterocycles. The maximum atomic E-state index is 13.7. The van der Waals surface area contributed by atoms with E-state index in [1.165, 1.54) is 25.3 Å². The van der Waals surface area contributed by atoms with Crippen LogP contribution in [0, 0.1) is 11.7 Å². The summed E-state index contributed by atoms with van der Waals surface area (Å²) >= 11 is 3.25. The summed E-state index contributed by atoms with van der Waals surface area (Å²) in [4.78, 5) is 0. The molecule has 1 unspecified atom stereocenters. The van der Waals surface area contributed by atoms with E-state index in [4.69, 9.17) is 5.84 Å². The summed E-state index contributed by atoms with van der Waals surface area (Å²) in [5, 5.41) is 0. The van der Waals surface area contributed by atoms with Crippen molar-refractivity contribution in [1.29, 1.82) is 0 Å². The molecule has 1 aliphatic rings. The highest BCUT2D eigenvalue weighted by Crippen LogP contribution is 2.35. The van der Waals surface area contributed by atoms with Crippen molar-refractivity contribution in [2.75, 3.05) is 0 Å². The molecule has 3 N–H and O–H groups in total. The zero-order valence-electron chi connectivity index (χ0n) is 9.05. The van der Waals surface area contributed by atoms with Crippen LogP contribution in [0.1, 0.15) is 37.3 Å². The molecule has 16 heavy (non-hydrogen) atoms. The molecule has 1 aromatic carbocycles. The molecule has 0 heterocycles. The Bertz CT molecular complexity index is 366. The summed E-state index contributed by atoms with van der Waals surface area (Å²) < 4.78 is 14.5. The van der Waals surface area contributed by atoms with E-state index in [0.29, 0.717) is 11.5 Å². The average Bonchev–Trinajstić information content (AvgIpc) is 2.18. The van der Waals surface area contributed by atoms with Crippen LogP contribution in [0.15, 0.2) is 22.7 Å². The monoisotopic (exact) mass is 286 g/mol. The van der Waals surface area contributed by atoms with Gasteiger partial charge in [-0.15, -0.1) is 0 Å². The molecule has 0 radical (unpaired) electrons. The van der Waals surface area contributed by atoms with Crippen LogP contribution < -0.4 is 11.3 Å². The number of rotatable bonds is 4. The van der Waals surface area contributed by atoms with Crippen LogP contribution >= 0.6 is 15.9 Å². The zero-order chi connectivity index (χ0) is 11.5. The van der Waals surface area contributed by atoms with Crippen LogP contribution in [0.2, 0.25) is 0 Å². The Hall–Kier alpha value is -0.450. The SMILES string of the molecule is NNC(CC1CCC1)c1ccc(Br)cc1F. The van der Waals surface area contributed by atoms with E-state index in [-0.39, 0.29) is 11.9 Å². The van der Waals surface area contributed by atoms with Crippen molar-refractivity contribution >= 4 is 15.9 Å². The highest BCUT2D eigenvalue weighted by atomic mass is 79.9. The maximum Gasteiger partial charge on any atom is 0.129 e. The van der Waals surface area contributed by atoms with Gasteiger partial charge in [0.2, 0.25) is 0 Å². The van der Waals surface area contributed by atoms with Crippen molar-refractivity contribution in [3.05, 3.63) is 34.1 Å². The van der Waals surface area contributed by atoms with Gasteiger partial charge in [-0.25, -0.2) is 4.39 Å². The molecular formula is C12H16BrFN2. The Labute approximate surface area is 104 Å². The van der Waals surface area contributed by atoms with Crippen LogP contribution in [0.3, 0.4) is 0 Å².